The highest BCUT2D eigenvalue weighted by atomic mass is 35.5. The normalized spacial score (nSPS) is 10.5. The van der Waals surface area contributed by atoms with Crippen LogP contribution in [-0.4, -0.2) is 4.98 Å². The average molecular weight is 349 g/mol. The molecule has 118 valence electrons. The third-order valence-corrected chi connectivity index (χ3v) is 4.29. The summed E-state index contributed by atoms with van der Waals surface area (Å²) in [5, 5.41) is 3.28. The van der Waals surface area contributed by atoms with E-state index in [4.69, 9.17) is 16.3 Å². The van der Waals surface area contributed by atoms with Gasteiger partial charge < -0.3 is 10.1 Å². The highest BCUT2D eigenvalue weighted by molar-refractivity contribution is 7.15. The minimum absolute atomic E-state index is 0.195. The quantitative estimate of drug-likeness (QED) is 0.670. The molecule has 0 aliphatic rings. The number of nitrogens with zero attached hydrogens (tertiary/aromatic N) is 1. The summed E-state index contributed by atoms with van der Waals surface area (Å²) in [4.78, 5) is 5.05. The first kappa shape index (κ1) is 15.8. The molecule has 23 heavy (non-hydrogen) atoms. The van der Waals surface area contributed by atoms with E-state index in [0.717, 1.165) is 10.6 Å². The second-order valence-electron chi connectivity index (χ2n) is 4.84. The van der Waals surface area contributed by atoms with Gasteiger partial charge in [-0.3, -0.25) is 0 Å². The third-order valence-electron chi connectivity index (χ3n) is 3.18. The number of hydrogen-bond donors (Lipinski definition) is 1. The summed E-state index contributed by atoms with van der Waals surface area (Å²) in [6.45, 7) is 0.835. The third kappa shape index (κ3) is 4.43. The van der Waals surface area contributed by atoms with Crippen molar-refractivity contribution >= 4 is 28.6 Å². The van der Waals surface area contributed by atoms with Crippen LogP contribution >= 0.6 is 22.9 Å². The molecule has 0 bridgehead atoms. The van der Waals surface area contributed by atoms with Gasteiger partial charge in [0.1, 0.15) is 18.2 Å². The van der Waals surface area contributed by atoms with Crippen molar-refractivity contribution in [1.82, 2.24) is 4.98 Å². The molecule has 0 amide bonds. The zero-order chi connectivity index (χ0) is 16.1. The maximum atomic E-state index is 13.6. The zero-order valence-electron chi connectivity index (χ0n) is 12.1. The van der Waals surface area contributed by atoms with Gasteiger partial charge in [0.2, 0.25) is 0 Å². The standard InChI is InChI=1S/C17H14ClFN2OS/c18-17-21-10-15(23-17)9-20-13-5-3-6-14(8-13)22-11-12-4-1-2-7-16(12)19/h1-8,10,20H,9,11H2. The van der Waals surface area contributed by atoms with Gasteiger partial charge in [0, 0.05) is 28.4 Å². The molecule has 3 nitrogen and oxygen atoms in total. The lowest BCUT2D eigenvalue weighted by molar-refractivity contribution is 0.300. The van der Waals surface area contributed by atoms with Crippen molar-refractivity contribution in [3.8, 4) is 5.75 Å². The smallest absolute Gasteiger partial charge is 0.183 e. The Morgan fingerprint density at radius 1 is 1.17 bits per heavy atom. The Balaban J connectivity index is 1.60. The molecule has 3 aromatic rings. The van der Waals surface area contributed by atoms with Crippen LogP contribution in [0.2, 0.25) is 4.47 Å². The van der Waals surface area contributed by atoms with Gasteiger partial charge in [0.25, 0.3) is 0 Å². The summed E-state index contributed by atoms with van der Waals surface area (Å²) in [5.41, 5.74) is 1.45. The van der Waals surface area contributed by atoms with Gasteiger partial charge >= 0.3 is 0 Å². The monoisotopic (exact) mass is 348 g/mol. The molecule has 2 aromatic carbocycles. The van der Waals surface area contributed by atoms with E-state index in [1.165, 1.54) is 17.4 Å². The number of nitrogens with one attached hydrogen (secondary N) is 1. The molecule has 0 atom stereocenters. The maximum absolute atomic E-state index is 13.6. The summed E-state index contributed by atoms with van der Waals surface area (Å²) in [7, 11) is 0. The van der Waals surface area contributed by atoms with Gasteiger partial charge in [-0.05, 0) is 18.2 Å². The highest BCUT2D eigenvalue weighted by Crippen LogP contribution is 2.22. The zero-order valence-corrected chi connectivity index (χ0v) is 13.7. The van der Waals surface area contributed by atoms with Crippen molar-refractivity contribution in [3.05, 3.63) is 75.5 Å². The van der Waals surface area contributed by atoms with E-state index in [1.807, 2.05) is 24.3 Å². The topological polar surface area (TPSA) is 34.1 Å². The Kier molecular flexibility index (Phi) is 5.10. The number of thiazole rings is 1. The molecule has 0 spiro atoms. The second kappa shape index (κ2) is 7.44. The second-order valence-corrected chi connectivity index (χ2v) is 6.54. The van der Waals surface area contributed by atoms with Crippen molar-refractivity contribution in [2.24, 2.45) is 0 Å². The minimum atomic E-state index is -0.260. The van der Waals surface area contributed by atoms with Gasteiger partial charge in [-0.15, -0.1) is 11.3 Å². The molecule has 1 aromatic heterocycles. The van der Waals surface area contributed by atoms with E-state index in [0.29, 0.717) is 22.3 Å². The average Bonchev–Trinajstić information content (AvgIpc) is 2.98. The molecular weight excluding hydrogens is 335 g/mol. The van der Waals surface area contributed by atoms with E-state index in [1.54, 1.807) is 24.4 Å². The molecular formula is C17H14ClFN2OS. The fourth-order valence-corrected chi connectivity index (χ4v) is 2.94. The molecule has 6 heteroatoms. The molecule has 0 aliphatic carbocycles. The number of anilines is 1. The predicted octanol–water partition coefficient (Wildman–Crippen LogP) is 5.13. The van der Waals surface area contributed by atoms with Crippen molar-refractivity contribution in [1.29, 1.82) is 0 Å². The van der Waals surface area contributed by atoms with Gasteiger partial charge in [-0.25, -0.2) is 9.37 Å². The van der Waals surface area contributed by atoms with Crippen LogP contribution < -0.4 is 10.1 Å². The van der Waals surface area contributed by atoms with Crippen LogP contribution in [0.1, 0.15) is 10.4 Å². The Hall–Kier alpha value is -2.11. The Bertz CT molecular complexity index is 794. The van der Waals surface area contributed by atoms with Crippen LogP contribution in [0.3, 0.4) is 0 Å². The summed E-state index contributed by atoms with van der Waals surface area (Å²) in [6, 6.07) is 14.1. The van der Waals surface area contributed by atoms with E-state index >= 15 is 0 Å². The van der Waals surface area contributed by atoms with Gasteiger partial charge in [0.15, 0.2) is 4.47 Å². The fourth-order valence-electron chi connectivity index (χ4n) is 2.03. The number of ether oxygens (including phenoxy) is 1. The molecule has 0 radical (unpaired) electrons. The molecule has 0 aliphatic heterocycles. The molecule has 1 N–H and O–H groups in total. The van der Waals surface area contributed by atoms with Crippen LogP contribution in [-0.2, 0) is 13.2 Å². The number of aromatic nitrogens is 1. The van der Waals surface area contributed by atoms with Crippen molar-refractivity contribution in [2.45, 2.75) is 13.2 Å². The Labute approximate surface area is 142 Å². The lowest BCUT2D eigenvalue weighted by atomic mass is 10.2. The molecule has 0 saturated carbocycles. The first-order chi connectivity index (χ1) is 11.2. The van der Waals surface area contributed by atoms with Crippen LogP contribution in [0.5, 0.6) is 5.75 Å². The minimum Gasteiger partial charge on any atom is -0.489 e. The van der Waals surface area contributed by atoms with Crippen molar-refractivity contribution in [2.75, 3.05) is 5.32 Å². The van der Waals surface area contributed by atoms with Crippen LogP contribution in [0.25, 0.3) is 0 Å². The van der Waals surface area contributed by atoms with E-state index in [-0.39, 0.29) is 12.4 Å². The molecule has 0 unspecified atom stereocenters. The number of benzene rings is 2. The first-order valence-corrected chi connectivity index (χ1v) is 8.20. The number of hydrogen-bond acceptors (Lipinski definition) is 4. The SMILES string of the molecule is Fc1ccccc1COc1cccc(NCc2cnc(Cl)s2)c1. The molecule has 1 heterocycles. The largest absolute Gasteiger partial charge is 0.489 e. The van der Waals surface area contributed by atoms with Gasteiger partial charge in [-0.2, -0.15) is 0 Å². The van der Waals surface area contributed by atoms with E-state index in [9.17, 15) is 4.39 Å². The summed E-state index contributed by atoms with van der Waals surface area (Å²) in [5.74, 6) is 0.421. The molecule has 0 saturated heterocycles. The van der Waals surface area contributed by atoms with Crippen molar-refractivity contribution in [3.63, 3.8) is 0 Å². The highest BCUT2D eigenvalue weighted by Gasteiger charge is 2.03. The Morgan fingerprint density at radius 2 is 2.04 bits per heavy atom. The summed E-state index contributed by atoms with van der Waals surface area (Å²) in [6.07, 6.45) is 1.75. The molecule has 0 fully saturated rings. The van der Waals surface area contributed by atoms with Gasteiger partial charge in [-0.1, -0.05) is 35.9 Å². The summed E-state index contributed by atoms with van der Waals surface area (Å²) >= 11 is 7.25. The van der Waals surface area contributed by atoms with E-state index < -0.39 is 0 Å². The van der Waals surface area contributed by atoms with Crippen LogP contribution in [0.4, 0.5) is 10.1 Å². The first-order valence-electron chi connectivity index (χ1n) is 7.01. The van der Waals surface area contributed by atoms with Crippen LogP contribution in [0.15, 0.2) is 54.7 Å². The van der Waals surface area contributed by atoms with E-state index in [2.05, 4.69) is 10.3 Å². The maximum Gasteiger partial charge on any atom is 0.183 e. The van der Waals surface area contributed by atoms with Crippen molar-refractivity contribution < 1.29 is 9.13 Å². The fraction of sp³-hybridized carbons (Fsp3) is 0.118. The number of halogens is 2. The van der Waals surface area contributed by atoms with Crippen LogP contribution in [0, 0.1) is 5.82 Å². The lowest BCUT2D eigenvalue weighted by Crippen LogP contribution is -2.00. The molecule has 3 rings (SSSR count). The van der Waals surface area contributed by atoms with Gasteiger partial charge in [0.05, 0.1) is 6.54 Å². The Morgan fingerprint density at radius 3 is 2.83 bits per heavy atom. The summed E-state index contributed by atoms with van der Waals surface area (Å²) < 4.78 is 19.8. The lowest BCUT2D eigenvalue weighted by Gasteiger charge is -2.10. The number of rotatable bonds is 6. The predicted molar refractivity (Wildman–Crippen MR) is 91.6 cm³/mol.